The van der Waals surface area contributed by atoms with Gasteiger partial charge in [-0.3, -0.25) is 9.52 Å². The highest BCUT2D eigenvalue weighted by Crippen LogP contribution is 2.23. The van der Waals surface area contributed by atoms with Gasteiger partial charge in [0.1, 0.15) is 0 Å². The van der Waals surface area contributed by atoms with Crippen LogP contribution in [0.15, 0.2) is 30.3 Å². The topological polar surface area (TPSA) is 75.3 Å². The number of sulfonamides is 1. The first-order chi connectivity index (χ1) is 10.8. The lowest BCUT2D eigenvalue weighted by Crippen LogP contribution is -2.36. The van der Waals surface area contributed by atoms with Crippen molar-refractivity contribution in [2.45, 2.75) is 38.6 Å². The van der Waals surface area contributed by atoms with E-state index in [0.29, 0.717) is 11.6 Å². The van der Waals surface area contributed by atoms with Crippen molar-refractivity contribution in [2.75, 3.05) is 11.0 Å². The van der Waals surface area contributed by atoms with Crippen molar-refractivity contribution in [1.29, 1.82) is 0 Å². The first-order valence-corrected chi connectivity index (χ1v) is 9.77. The molecule has 1 aliphatic carbocycles. The fourth-order valence-corrected chi connectivity index (χ4v) is 3.43. The van der Waals surface area contributed by atoms with E-state index < -0.39 is 10.0 Å². The molecule has 0 radical (unpaired) electrons. The zero-order valence-electron chi connectivity index (χ0n) is 13.6. The summed E-state index contributed by atoms with van der Waals surface area (Å²) in [5.41, 5.74) is 1.35. The second-order valence-electron chi connectivity index (χ2n) is 6.31. The van der Waals surface area contributed by atoms with Gasteiger partial charge in [0, 0.05) is 17.8 Å². The number of hydrogen-bond donors (Lipinski definition) is 2. The molecule has 5 nitrogen and oxygen atoms in total. The third-order valence-corrected chi connectivity index (χ3v) is 4.53. The predicted molar refractivity (Wildman–Crippen MR) is 93.5 cm³/mol. The molecule has 0 spiro atoms. The number of benzene rings is 1. The summed E-state index contributed by atoms with van der Waals surface area (Å²) in [6.45, 7) is 2.22. The number of anilines is 1. The van der Waals surface area contributed by atoms with E-state index in [0.717, 1.165) is 24.7 Å². The van der Waals surface area contributed by atoms with Crippen molar-refractivity contribution in [3.63, 3.8) is 0 Å². The molecule has 1 aromatic carbocycles. The van der Waals surface area contributed by atoms with E-state index in [1.54, 1.807) is 30.3 Å². The number of amides is 1. The fourth-order valence-electron chi connectivity index (χ4n) is 2.86. The Morgan fingerprint density at radius 2 is 1.91 bits per heavy atom. The summed E-state index contributed by atoms with van der Waals surface area (Å²) in [7, 11) is -3.27. The van der Waals surface area contributed by atoms with Crippen LogP contribution in [0.25, 0.3) is 6.08 Å². The predicted octanol–water partition coefficient (Wildman–Crippen LogP) is 2.77. The van der Waals surface area contributed by atoms with Gasteiger partial charge < -0.3 is 5.32 Å². The summed E-state index contributed by atoms with van der Waals surface area (Å²) in [5, 5.41) is 3.04. The van der Waals surface area contributed by atoms with Crippen LogP contribution in [-0.4, -0.2) is 26.6 Å². The van der Waals surface area contributed by atoms with E-state index in [1.807, 2.05) is 0 Å². The molecule has 0 aliphatic heterocycles. The minimum absolute atomic E-state index is 0.0811. The average Bonchev–Trinajstić information content (AvgIpc) is 2.45. The maximum atomic E-state index is 12.0. The molecule has 126 valence electrons. The van der Waals surface area contributed by atoms with Crippen LogP contribution in [0.2, 0.25) is 0 Å². The van der Waals surface area contributed by atoms with E-state index in [1.165, 1.54) is 18.9 Å². The van der Waals surface area contributed by atoms with Gasteiger partial charge in [0.2, 0.25) is 15.9 Å². The Kier molecular flexibility index (Phi) is 5.82. The van der Waals surface area contributed by atoms with Crippen molar-refractivity contribution in [2.24, 2.45) is 5.92 Å². The Bertz CT molecular complexity index is 666. The van der Waals surface area contributed by atoms with E-state index in [4.69, 9.17) is 0 Å². The van der Waals surface area contributed by atoms with Crippen molar-refractivity contribution in [3.8, 4) is 0 Å². The molecule has 23 heavy (non-hydrogen) atoms. The van der Waals surface area contributed by atoms with Gasteiger partial charge in [0.15, 0.2) is 0 Å². The van der Waals surface area contributed by atoms with Gasteiger partial charge >= 0.3 is 0 Å². The molecule has 2 atom stereocenters. The number of carbonyl (C=O) groups excluding carboxylic acids is 1. The molecule has 2 unspecified atom stereocenters. The zero-order chi connectivity index (χ0) is 16.9. The van der Waals surface area contributed by atoms with Crippen LogP contribution in [0.4, 0.5) is 5.69 Å². The van der Waals surface area contributed by atoms with Gasteiger partial charge in [-0.25, -0.2) is 8.42 Å². The molecule has 1 aromatic rings. The average molecular weight is 336 g/mol. The molecule has 1 fully saturated rings. The van der Waals surface area contributed by atoms with Crippen molar-refractivity contribution in [1.82, 2.24) is 5.32 Å². The molecule has 6 heteroatoms. The highest BCUT2D eigenvalue weighted by molar-refractivity contribution is 7.92. The molecule has 2 N–H and O–H groups in total. The van der Waals surface area contributed by atoms with Gasteiger partial charge in [0.25, 0.3) is 0 Å². The number of rotatable bonds is 5. The van der Waals surface area contributed by atoms with Gasteiger partial charge in [0.05, 0.1) is 6.26 Å². The van der Waals surface area contributed by atoms with Gasteiger partial charge in [-0.2, -0.15) is 0 Å². The van der Waals surface area contributed by atoms with Crippen LogP contribution < -0.4 is 10.0 Å². The Morgan fingerprint density at radius 3 is 2.52 bits per heavy atom. The lowest BCUT2D eigenvalue weighted by Gasteiger charge is -2.26. The van der Waals surface area contributed by atoms with Crippen LogP contribution in [0.5, 0.6) is 0 Å². The Morgan fingerprint density at radius 1 is 1.22 bits per heavy atom. The quantitative estimate of drug-likeness (QED) is 0.812. The fraction of sp³-hybridized carbons (Fsp3) is 0.471. The third-order valence-electron chi connectivity index (χ3n) is 3.92. The molecule has 0 aromatic heterocycles. The van der Waals surface area contributed by atoms with E-state index >= 15 is 0 Å². The minimum atomic E-state index is -3.27. The van der Waals surface area contributed by atoms with Crippen LogP contribution in [0, 0.1) is 5.92 Å². The van der Waals surface area contributed by atoms with Gasteiger partial charge in [-0.1, -0.05) is 31.9 Å². The summed E-state index contributed by atoms with van der Waals surface area (Å²) < 4.78 is 24.7. The van der Waals surface area contributed by atoms with Crippen LogP contribution >= 0.6 is 0 Å². The van der Waals surface area contributed by atoms with Crippen LogP contribution in [0.3, 0.4) is 0 Å². The monoisotopic (exact) mass is 336 g/mol. The maximum Gasteiger partial charge on any atom is 0.244 e. The third kappa shape index (κ3) is 6.44. The summed E-state index contributed by atoms with van der Waals surface area (Å²) >= 11 is 0. The van der Waals surface area contributed by atoms with Crippen LogP contribution in [0.1, 0.15) is 38.2 Å². The molecule has 0 saturated heterocycles. The molecule has 1 aliphatic rings. The maximum absolute atomic E-state index is 12.0. The van der Waals surface area contributed by atoms with E-state index in [-0.39, 0.29) is 11.9 Å². The van der Waals surface area contributed by atoms with E-state index in [2.05, 4.69) is 17.0 Å². The normalized spacial score (nSPS) is 22.0. The highest BCUT2D eigenvalue weighted by Gasteiger charge is 2.19. The Hall–Kier alpha value is -1.82. The molecule has 2 rings (SSSR count). The molecular weight excluding hydrogens is 312 g/mol. The number of nitrogens with one attached hydrogen (secondary N) is 2. The summed E-state index contributed by atoms with van der Waals surface area (Å²) in [5.74, 6) is 0.593. The molecule has 0 bridgehead atoms. The summed E-state index contributed by atoms with van der Waals surface area (Å²) in [4.78, 5) is 12.0. The largest absolute Gasteiger partial charge is 0.350 e. The zero-order valence-corrected chi connectivity index (χ0v) is 14.4. The van der Waals surface area contributed by atoms with Crippen molar-refractivity contribution >= 4 is 27.7 Å². The number of hydrogen-bond acceptors (Lipinski definition) is 3. The van der Waals surface area contributed by atoms with Gasteiger partial charge in [-0.05, 0) is 42.5 Å². The summed E-state index contributed by atoms with van der Waals surface area (Å²) in [6.07, 6.45) is 8.88. The SMILES string of the molecule is CC1CCCC(NC(=O)/C=C/c2ccc(NS(C)(=O)=O)cc2)C1. The van der Waals surface area contributed by atoms with Crippen molar-refractivity contribution in [3.05, 3.63) is 35.9 Å². The van der Waals surface area contributed by atoms with Crippen molar-refractivity contribution < 1.29 is 13.2 Å². The second kappa shape index (κ2) is 7.64. The number of carbonyl (C=O) groups is 1. The smallest absolute Gasteiger partial charge is 0.244 e. The molecule has 1 amide bonds. The minimum Gasteiger partial charge on any atom is -0.350 e. The highest BCUT2D eigenvalue weighted by atomic mass is 32.2. The molecular formula is C17H24N2O3S. The second-order valence-corrected chi connectivity index (χ2v) is 8.06. The first kappa shape index (κ1) is 17.5. The van der Waals surface area contributed by atoms with E-state index in [9.17, 15) is 13.2 Å². The molecule has 1 saturated carbocycles. The Balaban J connectivity index is 1.88. The Labute approximate surface area is 138 Å². The van der Waals surface area contributed by atoms with Gasteiger partial charge in [-0.15, -0.1) is 0 Å². The molecule has 0 heterocycles. The summed E-state index contributed by atoms with van der Waals surface area (Å²) in [6, 6.07) is 7.14. The standard InChI is InChI=1S/C17H24N2O3S/c1-13-4-3-5-16(12-13)18-17(20)11-8-14-6-9-15(10-7-14)19-23(2,21)22/h6-11,13,16,19H,3-5,12H2,1-2H3,(H,18,20)/b11-8+. The lowest BCUT2D eigenvalue weighted by molar-refractivity contribution is -0.117. The van der Waals surface area contributed by atoms with Crippen LogP contribution in [-0.2, 0) is 14.8 Å². The lowest BCUT2D eigenvalue weighted by atomic mass is 9.87. The first-order valence-electron chi connectivity index (χ1n) is 7.88.